The molecule has 5 rings (SSSR count). The van der Waals surface area contributed by atoms with Crippen LogP contribution < -0.4 is 16.0 Å². The van der Waals surface area contributed by atoms with Crippen molar-refractivity contribution in [2.45, 2.75) is 59.6 Å². The van der Waals surface area contributed by atoms with Crippen molar-refractivity contribution in [2.75, 3.05) is 0 Å². The van der Waals surface area contributed by atoms with Gasteiger partial charge in [0.2, 0.25) is 0 Å². The van der Waals surface area contributed by atoms with Gasteiger partial charge in [-0.15, -0.1) is 0 Å². The van der Waals surface area contributed by atoms with Gasteiger partial charge in [0.15, 0.2) is 0 Å². The third-order valence-corrected chi connectivity index (χ3v) is 6.36. The third-order valence-electron chi connectivity index (χ3n) is 5.33. The number of nitrogens with zero attached hydrogens (tertiary/aromatic N) is 4. The fraction of sp³-hybridized carbons (Fsp3) is 0.333. The number of hydrazone groups is 2. The molecule has 4 N–H and O–H groups in total. The highest BCUT2D eigenvalue weighted by atomic mass is 32.2. The molecule has 2 aromatic carbocycles. The Hall–Kier alpha value is -3.61. The molecule has 3 aromatic rings. The van der Waals surface area contributed by atoms with Crippen LogP contribution in [-0.2, 0) is 19.4 Å². The molecule has 0 saturated heterocycles. The van der Waals surface area contributed by atoms with Crippen LogP contribution in [0.4, 0.5) is 0 Å². The smallest absolute Gasteiger partial charge is 0.137 e. The zero-order valence-electron chi connectivity index (χ0n) is 21.2. The first-order valence-electron chi connectivity index (χ1n) is 12.2. The maximum absolute atomic E-state index is 9.47. The van der Waals surface area contributed by atoms with E-state index in [9.17, 15) is 5.26 Å². The number of hydrogen-bond acceptors (Lipinski definition) is 8. The summed E-state index contributed by atoms with van der Waals surface area (Å²) in [6, 6.07) is 14.2. The van der Waals surface area contributed by atoms with Crippen LogP contribution in [0.25, 0.3) is 0 Å². The molecule has 2 heterocycles. The van der Waals surface area contributed by atoms with E-state index in [0.717, 1.165) is 34.3 Å². The lowest BCUT2D eigenvalue weighted by Crippen LogP contribution is -2.17. The van der Waals surface area contributed by atoms with Crippen LogP contribution in [0, 0.1) is 11.3 Å². The van der Waals surface area contributed by atoms with Crippen LogP contribution >= 0.6 is 11.8 Å². The highest BCUT2D eigenvalue weighted by Gasteiger charge is 2.22. The van der Waals surface area contributed by atoms with E-state index in [2.05, 4.69) is 50.0 Å². The van der Waals surface area contributed by atoms with Gasteiger partial charge in [0, 0.05) is 23.5 Å². The minimum absolute atomic E-state index is 0.0184. The largest absolute Gasteiger partial charge is 0.490 e. The lowest BCUT2D eigenvalue weighted by Gasteiger charge is -2.17. The summed E-state index contributed by atoms with van der Waals surface area (Å²) in [5.74, 6) is 1.43. The van der Waals surface area contributed by atoms with E-state index in [-0.39, 0.29) is 6.10 Å². The normalized spacial score (nSPS) is 13.6. The predicted octanol–water partition coefficient (Wildman–Crippen LogP) is 5.09. The van der Waals surface area contributed by atoms with Gasteiger partial charge in [-0.3, -0.25) is 0 Å². The minimum Gasteiger partial charge on any atom is -0.490 e. The number of nitrogens with two attached hydrogens (primary N) is 1. The van der Waals surface area contributed by atoms with Crippen molar-refractivity contribution in [3.63, 3.8) is 0 Å². The number of imidazole rings is 1. The van der Waals surface area contributed by atoms with Crippen molar-refractivity contribution < 1.29 is 4.74 Å². The van der Waals surface area contributed by atoms with Gasteiger partial charge in [-0.25, -0.2) is 4.98 Å². The van der Waals surface area contributed by atoms with E-state index in [1.54, 1.807) is 12.4 Å². The number of aryl methyl sites for hydroxylation is 1. The first kappa shape index (κ1) is 27.0. The topological polar surface area (TPSA) is 124 Å². The van der Waals surface area contributed by atoms with Crippen molar-refractivity contribution in [1.82, 2.24) is 15.5 Å². The van der Waals surface area contributed by atoms with Gasteiger partial charge in [-0.1, -0.05) is 32.0 Å². The third kappa shape index (κ3) is 6.74. The Labute approximate surface area is 217 Å². The van der Waals surface area contributed by atoms with Gasteiger partial charge in [-0.2, -0.15) is 21.0 Å². The number of aromatic amines is 1. The molecule has 0 spiro atoms. The zero-order chi connectivity index (χ0) is 25.9. The van der Waals surface area contributed by atoms with Crippen molar-refractivity contribution in [3.05, 3.63) is 82.4 Å². The van der Waals surface area contributed by atoms with Crippen LogP contribution in [-0.4, -0.2) is 26.2 Å². The second kappa shape index (κ2) is 13.5. The van der Waals surface area contributed by atoms with E-state index in [0.29, 0.717) is 17.9 Å². The molecule has 0 amide bonds. The molecule has 1 aliphatic carbocycles. The van der Waals surface area contributed by atoms with Crippen LogP contribution in [0.15, 0.2) is 59.0 Å². The molecule has 0 unspecified atom stereocenters. The van der Waals surface area contributed by atoms with Crippen molar-refractivity contribution >= 4 is 21.8 Å². The number of rotatable bonds is 5. The number of thioether (sulfide) groups is 1. The fourth-order valence-corrected chi connectivity index (χ4v) is 4.73. The Kier molecular flexibility index (Phi) is 10.1. The quantitative estimate of drug-likeness (QED) is 0.445. The molecule has 8 nitrogen and oxygen atoms in total. The van der Waals surface area contributed by atoms with Crippen LogP contribution in [0.1, 0.15) is 67.8 Å². The fourth-order valence-electron chi connectivity index (χ4n) is 3.83. The number of fused-ring (bicyclic) bond motifs is 1. The Balaban J connectivity index is 0.000000342. The van der Waals surface area contributed by atoms with Gasteiger partial charge in [-0.05, 0) is 74.2 Å². The predicted molar refractivity (Wildman–Crippen MR) is 147 cm³/mol. The highest BCUT2D eigenvalue weighted by Crippen LogP contribution is 2.31. The molecule has 0 saturated carbocycles. The molecule has 0 radical (unpaired) electrons. The molecule has 36 heavy (non-hydrogen) atoms. The van der Waals surface area contributed by atoms with E-state index < -0.39 is 0 Å². The molecular weight excluding hydrogens is 470 g/mol. The van der Waals surface area contributed by atoms with Gasteiger partial charge >= 0.3 is 0 Å². The molecule has 0 atom stereocenters. The minimum atomic E-state index is 0.0184. The first-order chi connectivity index (χ1) is 17.6. The molecule has 1 aromatic heterocycles. The van der Waals surface area contributed by atoms with Gasteiger partial charge in [0.05, 0.1) is 18.2 Å². The highest BCUT2D eigenvalue weighted by molar-refractivity contribution is 8.27. The lowest BCUT2D eigenvalue weighted by molar-refractivity contribution is 0.241. The zero-order valence-corrected chi connectivity index (χ0v) is 22.0. The maximum Gasteiger partial charge on any atom is 0.137 e. The summed E-state index contributed by atoms with van der Waals surface area (Å²) in [6.45, 7) is 8.38. The summed E-state index contributed by atoms with van der Waals surface area (Å²) >= 11 is 1.53. The second-order valence-corrected chi connectivity index (χ2v) is 9.04. The molecule has 1 aliphatic heterocycles. The average molecular weight is 504 g/mol. The lowest BCUT2D eigenvalue weighted by atomic mass is 10.0. The summed E-state index contributed by atoms with van der Waals surface area (Å²) in [4.78, 5) is 6.70. The Morgan fingerprint density at radius 1 is 1.14 bits per heavy atom. The summed E-state index contributed by atoms with van der Waals surface area (Å²) in [6.07, 6.45) is 6.88. The molecule has 0 fully saturated rings. The molecule has 0 bridgehead atoms. The van der Waals surface area contributed by atoms with Crippen LogP contribution in [0.5, 0.6) is 5.75 Å². The van der Waals surface area contributed by atoms with E-state index >= 15 is 0 Å². The average Bonchev–Trinajstić information content (AvgIpc) is 3.62. The summed E-state index contributed by atoms with van der Waals surface area (Å²) < 4.78 is 5.71. The van der Waals surface area contributed by atoms with Crippen LogP contribution in [0.3, 0.4) is 0 Å². The SMILES string of the molecule is CC.CC(C)Oc1ccc(C2=NNN=C(c3cccc4c3CCC4)S2)cc1C#N.NCc1ncc[nH]1. The number of H-pyrrole nitrogens is 1. The van der Waals surface area contributed by atoms with Gasteiger partial charge in [0.1, 0.15) is 27.7 Å². The number of nitriles is 1. The van der Waals surface area contributed by atoms with Crippen molar-refractivity contribution in [3.8, 4) is 11.8 Å². The summed E-state index contributed by atoms with van der Waals surface area (Å²) in [7, 11) is 0. The standard InChI is InChI=1S/C21H20N4OS.C4H7N3.C2H6/c1-13(2)26-19-10-9-15(11-16(19)12-22)20-23-25-24-21(27-20)18-8-4-6-14-5-3-7-17(14)18;5-3-4-6-1-2-7-4;1-2/h4,6,8-11,13,25H,3,5,7H2,1-2H3;1-2H,3,5H2,(H,6,7);1-2H3. The molecule has 188 valence electrons. The van der Waals surface area contributed by atoms with Crippen molar-refractivity contribution in [2.24, 2.45) is 15.9 Å². The monoisotopic (exact) mass is 503 g/mol. The number of ether oxygens (including phenoxy) is 1. The summed E-state index contributed by atoms with van der Waals surface area (Å²) in [5, 5.41) is 19.9. The van der Waals surface area contributed by atoms with Crippen molar-refractivity contribution in [1.29, 1.82) is 5.26 Å². The molecule has 9 heteroatoms. The Morgan fingerprint density at radius 2 is 1.94 bits per heavy atom. The Morgan fingerprint density at radius 3 is 2.61 bits per heavy atom. The maximum atomic E-state index is 9.47. The van der Waals surface area contributed by atoms with Crippen LogP contribution in [0.2, 0.25) is 0 Å². The second-order valence-electron chi connectivity index (χ2n) is 8.06. The van der Waals surface area contributed by atoms with E-state index in [4.69, 9.17) is 10.5 Å². The molecular formula is C27H33N7OS. The van der Waals surface area contributed by atoms with E-state index in [1.807, 2.05) is 45.9 Å². The number of benzene rings is 2. The summed E-state index contributed by atoms with van der Waals surface area (Å²) in [5.41, 5.74) is 13.4. The Bertz CT molecular complexity index is 1240. The number of aromatic nitrogens is 2. The molecule has 2 aliphatic rings. The number of hydrogen-bond donors (Lipinski definition) is 3. The number of nitrogens with one attached hydrogen (secondary N) is 2. The van der Waals surface area contributed by atoms with E-state index in [1.165, 1.54) is 34.9 Å². The van der Waals surface area contributed by atoms with Gasteiger partial charge < -0.3 is 15.5 Å². The first-order valence-corrected chi connectivity index (χ1v) is 13.0. The van der Waals surface area contributed by atoms with Gasteiger partial charge in [0.25, 0.3) is 0 Å².